The van der Waals surface area contributed by atoms with Gasteiger partial charge in [-0.2, -0.15) is 0 Å². The number of amides is 1. The average Bonchev–Trinajstić information content (AvgIpc) is 3.14. The van der Waals surface area contributed by atoms with E-state index in [1.165, 1.54) is 11.1 Å². The lowest BCUT2D eigenvalue weighted by atomic mass is 9.76. The monoisotopic (exact) mass is 428 g/mol. The number of ketones is 1. The van der Waals surface area contributed by atoms with Gasteiger partial charge < -0.3 is 10.3 Å². The van der Waals surface area contributed by atoms with E-state index in [1.807, 2.05) is 42.5 Å². The second kappa shape index (κ2) is 8.93. The summed E-state index contributed by atoms with van der Waals surface area (Å²) in [6.07, 6.45) is 7.98. The molecule has 4 nitrogen and oxygen atoms in total. The lowest BCUT2D eigenvalue weighted by Gasteiger charge is -2.29. The Labute approximate surface area is 189 Å². The van der Waals surface area contributed by atoms with Crippen LogP contribution in [0.15, 0.2) is 48.5 Å². The van der Waals surface area contributed by atoms with Crippen molar-refractivity contribution >= 4 is 28.4 Å². The van der Waals surface area contributed by atoms with Gasteiger partial charge in [0.05, 0.1) is 0 Å². The van der Waals surface area contributed by atoms with Gasteiger partial charge in [0.25, 0.3) is 0 Å². The van der Waals surface area contributed by atoms with Gasteiger partial charge in [-0.3, -0.25) is 9.59 Å². The lowest BCUT2D eigenvalue weighted by Crippen LogP contribution is -2.28. The van der Waals surface area contributed by atoms with Crippen LogP contribution in [0.4, 0.5) is 5.82 Å². The average molecular weight is 429 g/mol. The van der Waals surface area contributed by atoms with Crippen LogP contribution in [0.2, 0.25) is 0 Å². The van der Waals surface area contributed by atoms with Crippen LogP contribution >= 0.6 is 0 Å². The topological polar surface area (TPSA) is 62.0 Å². The molecular formula is C28H32N2O2. The van der Waals surface area contributed by atoms with Crippen LogP contribution in [0.25, 0.3) is 10.9 Å². The number of Topliss-reactive ketones (excluding diaryl/α,β-unsaturated/α-hetero) is 1. The van der Waals surface area contributed by atoms with Crippen molar-refractivity contribution in [1.29, 1.82) is 0 Å². The standard InChI is InChI=1S/C28H32N2O2/c1-18-6-4-10-24-23(18)9-5-8-22(27(24)31)16-19-12-14-20(15-13-19)28(32)30-26-17-21-7-2-3-11-25(21)29-26/h2-4,6-7,10-11,17,19-20,22,29H,5,8-9,12-16H2,1H3,(H,30,32). The van der Waals surface area contributed by atoms with E-state index in [0.717, 1.165) is 73.7 Å². The van der Waals surface area contributed by atoms with Gasteiger partial charge in [-0.15, -0.1) is 0 Å². The molecule has 0 spiro atoms. The van der Waals surface area contributed by atoms with Crippen LogP contribution in [0.3, 0.4) is 0 Å². The molecule has 1 fully saturated rings. The van der Waals surface area contributed by atoms with Gasteiger partial charge in [0.1, 0.15) is 5.82 Å². The minimum Gasteiger partial charge on any atom is -0.341 e. The predicted molar refractivity (Wildman–Crippen MR) is 129 cm³/mol. The van der Waals surface area contributed by atoms with Crippen molar-refractivity contribution in [2.75, 3.05) is 5.32 Å². The Morgan fingerprint density at radius 3 is 2.66 bits per heavy atom. The van der Waals surface area contributed by atoms with Crippen LogP contribution in [0.5, 0.6) is 0 Å². The number of anilines is 1. The molecule has 2 N–H and O–H groups in total. The number of aromatic nitrogens is 1. The highest BCUT2D eigenvalue weighted by Gasteiger charge is 2.32. The van der Waals surface area contributed by atoms with E-state index in [4.69, 9.17) is 0 Å². The Hall–Kier alpha value is -2.88. The first-order valence-corrected chi connectivity index (χ1v) is 12.1. The summed E-state index contributed by atoms with van der Waals surface area (Å²) in [7, 11) is 0. The largest absolute Gasteiger partial charge is 0.341 e. The first-order valence-electron chi connectivity index (χ1n) is 12.1. The van der Waals surface area contributed by atoms with E-state index in [9.17, 15) is 9.59 Å². The number of aryl methyl sites for hydroxylation is 1. The summed E-state index contributed by atoms with van der Waals surface area (Å²) in [5.74, 6) is 1.99. The van der Waals surface area contributed by atoms with Crippen molar-refractivity contribution in [2.24, 2.45) is 17.8 Å². The number of H-pyrrole nitrogens is 1. The van der Waals surface area contributed by atoms with Crippen molar-refractivity contribution in [3.05, 3.63) is 65.2 Å². The Kier molecular flexibility index (Phi) is 5.86. The maximum Gasteiger partial charge on any atom is 0.228 e. The number of carbonyl (C=O) groups is 2. The van der Waals surface area contributed by atoms with Crippen LogP contribution in [-0.2, 0) is 11.2 Å². The van der Waals surface area contributed by atoms with Gasteiger partial charge >= 0.3 is 0 Å². The SMILES string of the molecule is Cc1cccc2c1CCCC(CC1CCC(C(=O)Nc3cc4ccccc4[nH]3)CC1)C2=O. The van der Waals surface area contributed by atoms with Crippen molar-refractivity contribution < 1.29 is 9.59 Å². The minimum absolute atomic E-state index is 0.0610. The fourth-order valence-electron chi connectivity index (χ4n) is 5.80. The molecule has 1 saturated carbocycles. The summed E-state index contributed by atoms with van der Waals surface area (Å²) in [5.41, 5.74) is 4.51. The molecule has 3 aromatic rings. The second-order valence-corrected chi connectivity index (χ2v) is 9.77. The molecule has 1 atom stereocenters. The first-order chi connectivity index (χ1) is 15.6. The van der Waals surface area contributed by atoms with E-state index in [1.54, 1.807) is 0 Å². The van der Waals surface area contributed by atoms with Crippen LogP contribution in [0.1, 0.15) is 66.4 Å². The first kappa shape index (κ1) is 21.0. The van der Waals surface area contributed by atoms with Crippen LogP contribution in [0, 0.1) is 24.7 Å². The number of fused-ring (bicyclic) bond motifs is 2. The molecule has 166 valence electrons. The maximum atomic E-state index is 13.2. The zero-order valence-corrected chi connectivity index (χ0v) is 18.8. The number of rotatable bonds is 4. The van der Waals surface area contributed by atoms with E-state index in [-0.39, 0.29) is 17.7 Å². The van der Waals surface area contributed by atoms with Crippen LogP contribution in [-0.4, -0.2) is 16.7 Å². The number of aromatic amines is 1. The molecule has 0 saturated heterocycles. The Morgan fingerprint density at radius 1 is 1.03 bits per heavy atom. The van der Waals surface area contributed by atoms with Gasteiger partial charge in [0.2, 0.25) is 5.91 Å². The molecule has 2 aliphatic rings. The summed E-state index contributed by atoms with van der Waals surface area (Å²) in [5, 5.41) is 4.19. The number of nitrogens with one attached hydrogen (secondary N) is 2. The van der Waals surface area contributed by atoms with Gasteiger partial charge in [-0.25, -0.2) is 0 Å². The molecule has 0 aliphatic heterocycles. The van der Waals surface area contributed by atoms with Crippen molar-refractivity contribution in [3.8, 4) is 0 Å². The van der Waals surface area contributed by atoms with Gasteiger partial charge in [-0.05, 0) is 87.5 Å². The number of benzene rings is 2. The quantitative estimate of drug-likeness (QED) is 0.469. The summed E-state index contributed by atoms with van der Waals surface area (Å²) in [6.45, 7) is 2.12. The van der Waals surface area contributed by atoms with Gasteiger partial charge in [-0.1, -0.05) is 36.4 Å². The van der Waals surface area contributed by atoms with Gasteiger partial charge in [0.15, 0.2) is 5.78 Å². The Morgan fingerprint density at radius 2 is 1.84 bits per heavy atom. The third-order valence-electron chi connectivity index (χ3n) is 7.65. The summed E-state index contributed by atoms with van der Waals surface area (Å²) in [6, 6.07) is 16.2. The van der Waals surface area contributed by atoms with E-state index >= 15 is 0 Å². The second-order valence-electron chi connectivity index (χ2n) is 9.77. The van der Waals surface area contributed by atoms with Crippen molar-refractivity contribution in [1.82, 2.24) is 4.98 Å². The molecule has 5 rings (SSSR count). The normalized spacial score (nSPS) is 23.5. The zero-order valence-electron chi connectivity index (χ0n) is 18.8. The highest BCUT2D eigenvalue weighted by atomic mass is 16.2. The predicted octanol–water partition coefficient (Wildman–Crippen LogP) is 6.45. The fourth-order valence-corrected chi connectivity index (χ4v) is 5.80. The number of carbonyl (C=O) groups excluding carboxylic acids is 2. The van der Waals surface area contributed by atoms with Crippen molar-refractivity contribution in [2.45, 2.75) is 58.3 Å². The summed E-state index contributed by atoms with van der Waals surface area (Å²) in [4.78, 5) is 29.3. The summed E-state index contributed by atoms with van der Waals surface area (Å²) >= 11 is 0. The Bertz CT molecular complexity index is 1100. The lowest BCUT2D eigenvalue weighted by molar-refractivity contribution is -0.121. The molecule has 32 heavy (non-hydrogen) atoms. The minimum atomic E-state index is 0.0610. The number of hydrogen-bond donors (Lipinski definition) is 2. The maximum absolute atomic E-state index is 13.2. The number of para-hydroxylation sites is 1. The Balaban J connectivity index is 1.17. The smallest absolute Gasteiger partial charge is 0.228 e. The van der Waals surface area contributed by atoms with E-state index in [0.29, 0.717) is 11.7 Å². The molecule has 1 amide bonds. The third-order valence-corrected chi connectivity index (χ3v) is 7.65. The molecule has 2 aliphatic carbocycles. The van der Waals surface area contributed by atoms with Gasteiger partial charge in [0, 0.05) is 28.3 Å². The molecule has 1 unspecified atom stereocenters. The molecule has 4 heteroatoms. The molecule has 2 aromatic carbocycles. The molecular weight excluding hydrogens is 396 g/mol. The highest BCUT2D eigenvalue weighted by Crippen LogP contribution is 2.37. The molecule has 1 heterocycles. The number of hydrogen-bond acceptors (Lipinski definition) is 2. The van der Waals surface area contributed by atoms with E-state index in [2.05, 4.69) is 23.3 Å². The van der Waals surface area contributed by atoms with Crippen LogP contribution < -0.4 is 5.32 Å². The van der Waals surface area contributed by atoms with Crippen molar-refractivity contribution in [3.63, 3.8) is 0 Å². The van der Waals surface area contributed by atoms with E-state index < -0.39 is 0 Å². The molecule has 1 aromatic heterocycles. The molecule has 0 bridgehead atoms. The summed E-state index contributed by atoms with van der Waals surface area (Å²) < 4.78 is 0. The third kappa shape index (κ3) is 4.23. The fraction of sp³-hybridized carbons (Fsp3) is 0.429. The highest BCUT2D eigenvalue weighted by molar-refractivity contribution is 6.00. The zero-order chi connectivity index (χ0) is 22.1. The molecule has 0 radical (unpaired) electrons.